The van der Waals surface area contributed by atoms with Crippen LogP contribution in [0.5, 0.6) is 5.75 Å². The van der Waals surface area contributed by atoms with E-state index in [0.29, 0.717) is 24.5 Å². The lowest BCUT2D eigenvalue weighted by atomic mass is 9.81. The smallest absolute Gasteiger partial charge is 0.251 e. The average Bonchev–Trinajstić information content (AvgIpc) is 3.13. The van der Waals surface area contributed by atoms with Gasteiger partial charge in [-0.2, -0.15) is 0 Å². The molecular weight excluding hydrogens is 435 g/mol. The Labute approximate surface area is 195 Å². The quantitative estimate of drug-likeness (QED) is 0.573. The van der Waals surface area contributed by atoms with Gasteiger partial charge >= 0.3 is 0 Å². The van der Waals surface area contributed by atoms with E-state index in [0.717, 1.165) is 37.3 Å². The lowest BCUT2D eigenvalue weighted by molar-refractivity contribution is 0.0922. The lowest BCUT2D eigenvalue weighted by Crippen LogP contribution is -2.42. The number of amides is 1. The maximum absolute atomic E-state index is 12.6. The van der Waals surface area contributed by atoms with Crippen molar-refractivity contribution < 1.29 is 9.53 Å². The molecule has 1 fully saturated rings. The molecule has 8 heteroatoms. The van der Waals surface area contributed by atoms with Crippen LogP contribution in [0.25, 0.3) is 5.65 Å². The highest BCUT2D eigenvalue weighted by molar-refractivity contribution is 5.94. The number of piperidine rings is 1. The van der Waals surface area contributed by atoms with E-state index >= 15 is 0 Å². The fourth-order valence-electron chi connectivity index (χ4n) is 3.71. The molecule has 0 atom stereocenters. The third-order valence-electron chi connectivity index (χ3n) is 5.62. The van der Waals surface area contributed by atoms with E-state index < -0.39 is 0 Å². The van der Waals surface area contributed by atoms with Gasteiger partial charge in [0.2, 0.25) is 0 Å². The number of pyridine rings is 1. The number of imidazole rings is 1. The van der Waals surface area contributed by atoms with Crippen LogP contribution in [0.4, 0.5) is 0 Å². The predicted molar refractivity (Wildman–Crippen MR) is 128 cm³/mol. The number of ether oxygens (including phenoxy) is 1. The molecule has 2 N–H and O–H groups in total. The topological polar surface area (TPSA) is 67.7 Å². The van der Waals surface area contributed by atoms with Crippen LogP contribution >= 0.6 is 24.8 Å². The molecule has 0 spiro atoms. The van der Waals surface area contributed by atoms with Crippen LogP contribution in [0.15, 0.2) is 48.8 Å². The number of fused-ring (bicyclic) bond motifs is 1. The van der Waals surface area contributed by atoms with E-state index in [1.54, 1.807) is 6.07 Å². The van der Waals surface area contributed by atoms with E-state index in [1.165, 1.54) is 5.56 Å². The Morgan fingerprint density at radius 1 is 1.19 bits per heavy atom. The molecule has 3 heterocycles. The number of aryl methyl sites for hydroxylation is 1. The van der Waals surface area contributed by atoms with Crippen LogP contribution in [-0.4, -0.2) is 34.9 Å². The summed E-state index contributed by atoms with van der Waals surface area (Å²) in [5.74, 6) is 0.609. The van der Waals surface area contributed by atoms with Crippen molar-refractivity contribution in [1.29, 1.82) is 0 Å². The first-order valence-corrected chi connectivity index (χ1v) is 10.2. The fraction of sp³-hybridized carbons (Fsp3) is 0.391. The van der Waals surface area contributed by atoms with Crippen molar-refractivity contribution in [1.82, 2.24) is 20.0 Å². The highest BCUT2D eigenvalue weighted by atomic mass is 35.5. The van der Waals surface area contributed by atoms with Gasteiger partial charge in [0.15, 0.2) is 0 Å². The Morgan fingerprint density at radius 3 is 2.74 bits per heavy atom. The second-order valence-corrected chi connectivity index (χ2v) is 8.26. The standard InChI is InChI=1S/C23H28N4O2.2ClH/c1-17-6-7-21-26-19(14-27(21)13-17)15-29-20-5-3-4-18(12-20)22(28)25-16-23(2)8-10-24-11-9-23;;/h3-7,12-14,24H,8-11,15-16H2,1-2H3,(H,25,28);2*1H. The first-order valence-electron chi connectivity index (χ1n) is 10.2. The molecule has 1 aromatic carbocycles. The minimum Gasteiger partial charge on any atom is -0.487 e. The normalized spacial score (nSPS) is 14.9. The summed E-state index contributed by atoms with van der Waals surface area (Å²) < 4.78 is 7.89. The Bertz CT molecular complexity index is 1020. The first kappa shape index (κ1) is 25.0. The molecule has 0 bridgehead atoms. The summed E-state index contributed by atoms with van der Waals surface area (Å²) >= 11 is 0. The van der Waals surface area contributed by atoms with E-state index in [-0.39, 0.29) is 36.1 Å². The average molecular weight is 465 g/mol. The summed E-state index contributed by atoms with van der Waals surface area (Å²) in [6.07, 6.45) is 6.17. The number of hydrogen-bond acceptors (Lipinski definition) is 4. The van der Waals surface area contributed by atoms with Crippen molar-refractivity contribution in [2.75, 3.05) is 19.6 Å². The zero-order valence-corrected chi connectivity index (χ0v) is 19.5. The molecule has 0 aliphatic carbocycles. The second-order valence-electron chi connectivity index (χ2n) is 8.26. The minimum absolute atomic E-state index is 0. The lowest BCUT2D eigenvalue weighted by Gasteiger charge is -2.34. The molecule has 3 aromatic rings. The van der Waals surface area contributed by atoms with Gasteiger partial charge in [-0.1, -0.05) is 19.1 Å². The fourth-order valence-corrected chi connectivity index (χ4v) is 3.71. The van der Waals surface area contributed by atoms with Gasteiger partial charge < -0.3 is 19.8 Å². The molecular formula is C23H30Cl2N4O2. The summed E-state index contributed by atoms with van der Waals surface area (Å²) in [5.41, 5.74) is 3.71. The van der Waals surface area contributed by atoms with E-state index in [4.69, 9.17) is 4.74 Å². The van der Waals surface area contributed by atoms with E-state index in [1.807, 2.05) is 47.1 Å². The number of benzene rings is 1. The van der Waals surface area contributed by atoms with Crippen LogP contribution in [0.1, 0.15) is 41.4 Å². The van der Waals surface area contributed by atoms with Crippen LogP contribution in [0.3, 0.4) is 0 Å². The van der Waals surface area contributed by atoms with Crippen molar-refractivity contribution in [3.63, 3.8) is 0 Å². The van der Waals surface area contributed by atoms with Crippen molar-refractivity contribution in [3.05, 3.63) is 65.6 Å². The molecule has 6 nitrogen and oxygen atoms in total. The number of carbonyl (C=O) groups is 1. The Kier molecular flexibility index (Phi) is 8.74. The number of nitrogens with zero attached hydrogens (tertiary/aromatic N) is 2. The number of carbonyl (C=O) groups excluding carboxylic acids is 1. The SMILES string of the molecule is Cc1ccc2nc(COc3cccc(C(=O)NCC4(C)CCNCC4)c3)cn2c1.Cl.Cl. The number of halogens is 2. The van der Waals surface area contributed by atoms with Gasteiger partial charge in [0.05, 0.1) is 5.69 Å². The van der Waals surface area contributed by atoms with Crippen LogP contribution in [0, 0.1) is 12.3 Å². The summed E-state index contributed by atoms with van der Waals surface area (Å²) in [5, 5.41) is 6.46. The third kappa shape index (κ3) is 6.35. The van der Waals surface area contributed by atoms with Gasteiger partial charge in [-0.3, -0.25) is 4.79 Å². The number of aromatic nitrogens is 2. The molecule has 168 valence electrons. The Balaban J connectivity index is 0.00000171. The van der Waals surface area contributed by atoms with Gasteiger partial charge in [-0.05, 0) is 68.1 Å². The molecule has 0 saturated carbocycles. The summed E-state index contributed by atoms with van der Waals surface area (Å²) in [4.78, 5) is 17.2. The first-order chi connectivity index (χ1) is 14.0. The van der Waals surface area contributed by atoms with Gasteiger partial charge in [-0.25, -0.2) is 4.98 Å². The van der Waals surface area contributed by atoms with Crippen molar-refractivity contribution in [2.45, 2.75) is 33.3 Å². The van der Waals surface area contributed by atoms with Crippen molar-refractivity contribution in [3.8, 4) is 5.75 Å². The molecule has 0 unspecified atom stereocenters. The van der Waals surface area contributed by atoms with Crippen LogP contribution in [0.2, 0.25) is 0 Å². The summed E-state index contributed by atoms with van der Waals surface area (Å²) in [6, 6.07) is 11.4. The molecule has 1 amide bonds. The highest BCUT2D eigenvalue weighted by Gasteiger charge is 2.27. The number of rotatable bonds is 6. The van der Waals surface area contributed by atoms with Gasteiger partial charge in [0.25, 0.3) is 5.91 Å². The zero-order valence-electron chi connectivity index (χ0n) is 17.9. The largest absolute Gasteiger partial charge is 0.487 e. The molecule has 1 aliphatic heterocycles. The van der Waals surface area contributed by atoms with Crippen LogP contribution in [-0.2, 0) is 6.61 Å². The molecule has 0 radical (unpaired) electrons. The summed E-state index contributed by atoms with van der Waals surface area (Å²) in [7, 11) is 0. The molecule has 31 heavy (non-hydrogen) atoms. The minimum atomic E-state index is -0.0570. The molecule has 2 aromatic heterocycles. The van der Waals surface area contributed by atoms with E-state index in [2.05, 4.69) is 29.5 Å². The highest BCUT2D eigenvalue weighted by Crippen LogP contribution is 2.27. The van der Waals surface area contributed by atoms with Crippen molar-refractivity contribution in [2.24, 2.45) is 5.41 Å². The number of nitrogens with one attached hydrogen (secondary N) is 2. The maximum atomic E-state index is 12.6. The summed E-state index contributed by atoms with van der Waals surface area (Å²) in [6.45, 7) is 7.37. The monoisotopic (exact) mass is 464 g/mol. The van der Waals surface area contributed by atoms with Gasteiger partial charge in [-0.15, -0.1) is 24.8 Å². The molecule has 1 aliphatic rings. The van der Waals surface area contributed by atoms with Gasteiger partial charge in [0, 0.05) is 24.5 Å². The Hall–Kier alpha value is -2.28. The second kappa shape index (κ2) is 10.8. The molecule has 4 rings (SSSR count). The Morgan fingerprint density at radius 2 is 1.97 bits per heavy atom. The van der Waals surface area contributed by atoms with Crippen LogP contribution < -0.4 is 15.4 Å². The third-order valence-corrected chi connectivity index (χ3v) is 5.62. The molecule has 1 saturated heterocycles. The van der Waals surface area contributed by atoms with Crippen molar-refractivity contribution >= 4 is 36.4 Å². The number of hydrogen-bond donors (Lipinski definition) is 2. The zero-order chi connectivity index (χ0) is 20.3. The maximum Gasteiger partial charge on any atom is 0.251 e. The predicted octanol–water partition coefficient (Wildman–Crippen LogP) is 4.18. The van der Waals surface area contributed by atoms with E-state index in [9.17, 15) is 4.79 Å². The van der Waals surface area contributed by atoms with Gasteiger partial charge in [0.1, 0.15) is 18.0 Å².